The molecule has 0 amide bonds. The normalized spacial score (nSPS) is 10.6. The molecule has 0 radical (unpaired) electrons. The Kier molecular flexibility index (Phi) is 3.64. The number of hydrazine groups is 1. The van der Waals surface area contributed by atoms with E-state index in [1.54, 1.807) is 6.07 Å². The second kappa shape index (κ2) is 5.60. The minimum Gasteiger partial charge on any atom is -0.455 e. The number of hydrogen-bond donors (Lipinski definition) is 2. The molecule has 21 heavy (non-hydrogen) atoms. The predicted octanol–water partition coefficient (Wildman–Crippen LogP) is 4.27. The minimum absolute atomic E-state index is 0.575. The molecule has 0 saturated heterocycles. The fourth-order valence-corrected chi connectivity index (χ4v) is 2.47. The van der Waals surface area contributed by atoms with Gasteiger partial charge in [-0.15, -0.1) is 0 Å². The fourth-order valence-electron chi connectivity index (χ4n) is 2.22. The number of hydrogen-bond acceptors (Lipinski definition) is 4. The Bertz CT molecular complexity index is 790. The fraction of sp³-hybridized carbons (Fsp3) is 0.0625. The van der Waals surface area contributed by atoms with Crippen molar-refractivity contribution >= 4 is 28.2 Å². The molecule has 0 fully saturated rings. The van der Waals surface area contributed by atoms with E-state index < -0.39 is 0 Å². The summed E-state index contributed by atoms with van der Waals surface area (Å²) in [5.74, 6) is 6.96. The molecule has 0 aliphatic carbocycles. The maximum atomic E-state index is 6.28. The van der Waals surface area contributed by atoms with Gasteiger partial charge in [0.2, 0.25) is 0 Å². The van der Waals surface area contributed by atoms with Gasteiger partial charge in [0.15, 0.2) is 5.75 Å². The first kappa shape index (κ1) is 13.7. The molecule has 0 saturated carbocycles. The molecule has 106 valence electrons. The van der Waals surface area contributed by atoms with Crippen LogP contribution in [0.15, 0.2) is 48.5 Å². The van der Waals surface area contributed by atoms with Crippen LogP contribution in [0.3, 0.4) is 0 Å². The summed E-state index contributed by atoms with van der Waals surface area (Å²) >= 11 is 6.28. The first-order valence-electron chi connectivity index (χ1n) is 6.48. The van der Waals surface area contributed by atoms with Crippen LogP contribution >= 0.6 is 11.6 Å². The van der Waals surface area contributed by atoms with E-state index in [2.05, 4.69) is 10.4 Å². The lowest BCUT2D eigenvalue weighted by molar-refractivity contribution is 0.487. The number of ether oxygens (including phenoxy) is 1. The van der Waals surface area contributed by atoms with Crippen molar-refractivity contribution in [2.24, 2.45) is 5.84 Å². The summed E-state index contributed by atoms with van der Waals surface area (Å²) in [7, 11) is 0. The van der Waals surface area contributed by atoms with Crippen molar-refractivity contribution in [3.05, 3.63) is 59.2 Å². The van der Waals surface area contributed by atoms with E-state index in [9.17, 15) is 0 Å². The summed E-state index contributed by atoms with van der Waals surface area (Å²) in [5, 5.41) is 1.32. The highest BCUT2D eigenvalue weighted by Gasteiger charge is 2.13. The van der Waals surface area contributed by atoms with Gasteiger partial charge < -0.3 is 10.2 Å². The average Bonchev–Trinajstić information content (AvgIpc) is 2.50. The molecule has 4 nitrogen and oxygen atoms in total. The van der Waals surface area contributed by atoms with Crippen LogP contribution in [0.25, 0.3) is 10.9 Å². The molecule has 5 heteroatoms. The molecule has 0 atom stereocenters. The van der Waals surface area contributed by atoms with Crippen molar-refractivity contribution < 1.29 is 4.74 Å². The van der Waals surface area contributed by atoms with Gasteiger partial charge in [-0.2, -0.15) is 0 Å². The number of aryl methyl sites for hydroxylation is 1. The van der Waals surface area contributed by atoms with Gasteiger partial charge in [-0.1, -0.05) is 29.8 Å². The second-order valence-corrected chi connectivity index (χ2v) is 5.05. The largest absolute Gasteiger partial charge is 0.455 e. The summed E-state index contributed by atoms with van der Waals surface area (Å²) in [5.41, 5.74) is 4.90. The SMILES string of the molecule is Cc1cc(NN)c2c(Cl)ccc(Oc3ccccc3)c2n1. The molecule has 3 N–H and O–H groups in total. The summed E-state index contributed by atoms with van der Waals surface area (Å²) in [6, 6.07) is 15.0. The number of benzene rings is 2. The Morgan fingerprint density at radius 2 is 1.90 bits per heavy atom. The Hall–Kier alpha value is -2.30. The lowest BCUT2D eigenvalue weighted by atomic mass is 10.1. The van der Waals surface area contributed by atoms with Gasteiger partial charge >= 0.3 is 0 Å². The molecular formula is C16H14ClN3O. The van der Waals surface area contributed by atoms with Crippen LogP contribution in [0.5, 0.6) is 11.5 Å². The van der Waals surface area contributed by atoms with Crippen LogP contribution in [-0.4, -0.2) is 4.98 Å². The molecule has 0 aliphatic rings. The maximum absolute atomic E-state index is 6.28. The summed E-state index contributed by atoms with van der Waals surface area (Å²) in [6.45, 7) is 1.90. The zero-order chi connectivity index (χ0) is 14.8. The van der Waals surface area contributed by atoms with Gasteiger partial charge in [0.1, 0.15) is 11.3 Å². The number of aromatic nitrogens is 1. The monoisotopic (exact) mass is 299 g/mol. The quantitative estimate of drug-likeness (QED) is 0.560. The highest BCUT2D eigenvalue weighted by molar-refractivity contribution is 6.36. The van der Waals surface area contributed by atoms with Gasteiger partial charge in [-0.3, -0.25) is 5.84 Å². The van der Waals surface area contributed by atoms with Gasteiger partial charge in [0.25, 0.3) is 0 Å². The number of rotatable bonds is 3. The highest BCUT2D eigenvalue weighted by atomic mass is 35.5. The van der Waals surface area contributed by atoms with E-state index >= 15 is 0 Å². The lowest BCUT2D eigenvalue weighted by Crippen LogP contribution is -2.08. The summed E-state index contributed by atoms with van der Waals surface area (Å²) < 4.78 is 5.91. The van der Waals surface area contributed by atoms with Crippen molar-refractivity contribution in [3.8, 4) is 11.5 Å². The Balaban J connectivity index is 2.20. The number of nitrogen functional groups attached to an aromatic ring is 1. The third-order valence-electron chi connectivity index (χ3n) is 3.13. The number of nitrogens with zero attached hydrogens (tertiary/aromatic N) is 1. The third kappa shape index (κ3) is 2.63. The van der Waals surface area contributed by atoms with E-state index in [-0.39, 0.29) is 0 Å². The number of nitrogens with one attached hydrogen (secondary N) is 1. The van der Waals surface area contributed by atoms with E-state index in [0.717, 1.165) is 22.5 Å². The molecule has 2 aromatic carbocycles. The van der Waals surface area contributed by atoms with Crippen molar-refractivity contribution in [3.63, 3.8) is 0 Å². The number of halogens is 1. The Labute approximate surface area is 127 Å². The standard InChI is InChI=1S/C16H14ClN3O/c1-10-9-13(20-18)15-12(17)7-8-14(16(15)19-10)21-11-5-3-2-4-6-11/h2-9H,18H2,1H3,(H,19,20). The smallest absolute Gasteiger partial charge is 0.153 e. The second-order valence-electron chi connectivity index (χ2n) is 4.64. The maximum Gasteiger partial charge on any atom is 0.153 e. The lowest BCUT2D eigenvalue weighted by Gasteiger charge is -2.13. The van der Waals surface area contributed by atoms with Gasteiger partial charge in [-0.25, -0.2) is 4.98 Å². The molecule has 0 bridgehead atoms. The minimum atomic E-state index is 0.575. The number of nitrogens with two attached hydrogens (primary N) is 1. The first-order valence-corrected chi connectivity index (χ1v) is 6.86. The van der Waals surface area contributed by atoms with Crippen molar-refractivity contribution in [2.45, 2.75) is 6.92 Å². The zero-order valence-electron chi connectivity index (χ0n) is 11.4. The number of para-hydroxylation sites is 1. The first-order chi connectivity index (χ1) is 10.2. The molecule has 0 aliphatic heterocycles. The molecule has 0 spiro atoms. The topological polar surface area (TPSA) is 60.2 Å². The van der Waals surface area contributed by atoms with Gasteiger partial charge in [0, 0.05) is 11.1 Å². The molecule has 1 aromatic heterocycles. The molecular weight excluding hydrogens is 286 g/mol. The van der Waals surface area contributed by atoms with E-state index in [1.165, 1.54) is 0 Å². The van der Waals surface area contributed by atoms with Gasteiger partial charge in [0.05, 0.1) is 10.7 Å². The van der Waals surface area contributed by atoms with Crippen LogP contribution in [0, 0.1) is 6.92 Å². The zero-order valence-corrected chi connectivity index (χ0v) is 12.2. The van der Waals surface area contributed by atoms with Crippen LogP contribution in [0.1, 0.15) is 5.69 Å². The van der Waals surface area contributed by atoms with Crippen LogP contribution in [0.4, 0.5) is 5.69 Å². The summed E-state index contributed by atoms with van der Waals surface area (Å²) in [4.78, 5) is 4.54. The third-order valence-corrected chi connectivity index (χ3v) is 3.44. The Morgan fingerprint density at radius 1 is 1.14 bits per heavy atom. The van der Waals surface area contributed by atoms with Gasteiger partial charge in [-0.05, 0) is 37.3 Å². The predicted molar refractivity (Wildman–Crippen MR) is 85.8 cm³/mol. The summed E-state index contributed by atoms with van der Waals surface area (Å²) in [6.07, 6.45) is 0. The molecule has 3 aromatic rings. The van der Waals surface area contributed by atoms with Crippen LogP contribution in [0.2, 0.25) is 5.02 Å². The van der Waals surface area contributed by atoms with Crippen molar-refractivity contribution in [2.75, 3.05) is 5.43 Å². The molecule has 1 heterocycles. The van der Waals surface area contributed by atoms with E-state index in [4.69, 9.17) is 22.2 Å². The molecule has 3 rings (SSSR count). The number of anilines is 1. The average molecular weight is 300 g/mol. The highest BCUT2D eigenvalue weighted by Crippen LogP contribution is 2.37. The van der Waals surface area contributed by atoms with Crippen molar-refractivity contribution in [1.29, 1.82) is 0 Å². The Morgan fingerprint density at radius 3 is 2.62 bits per heavy atom. The van der Waals surface area contributed by atoms with Crippen molar-refractivity contribution in [1.82, 2.24) is 4.98 Å². The van der Waals surface area contributed by atoms with E-state index in [0.29, 0.717) is 16.3 Å². The molecule has 0 unspecified atom stereocenters. The number of pyridine rings is 1. The van der Waals surface area contributed by atoms with E-state index in [1.807, 2.05) is 49.4 Å². The van der Waals surface area contributed by atoms with Crippen LogP contribution in [-0.2, 0) is 0 Å². The van der Waals surface area contributed by atoms with Crippen LogP contribution < -0.4 is 16.0 Å². The number of fused-ring (bicyclic) bond motifs is 1.